The van der Waals surface area contributed by atoms with Crippen molar-refractivity contribution in [2.75, 3.05) is 0 Å². The van der Waals surface area contributed by atoms with Crippen LogP contribution < -0.4 is 0 Å². The summed E-state index contributed by atoms with van der Waals surface area (Å²) in [6, 6.07) is 0. The van der Waals surface area contributed by atoms with E-state index in [1.54, 1.807) is 0 Å². The van der Waals surface area contributed by atoms with E-state index in [1.165, 1.54) is 0 Å². The van der Waals surface area contributed by atoms with Crippen molar-refractivity contribution in [3.8, 4) is 0 Å². The van der Waals surface area contributed by atoms with Gasteiger partial charge in [-0.05, 0) is 0 Å². The minimum absolute atomic E-state index is 0. The molecule has 0 heterocycles. The number of hydrogen-bond acceptors (Lipinski definition) is 0. The van der Waals surface area contributed by atoms with Crippen LogP contribution in [0.3, 0.4) is 0 Å². The normalized spacial score (nSPS) is 0. The minimum Gasteiger partial charge on any atom is 0 e. The number of hydrogen-bond donors (Lipinski definition) is 0. The van der Waals surface area contributed by atoms with Crippen molar-refractivity contribution in [2.45, 2.75) is 0 Å². The van der Waals surface area contributed by atoms with Crippen molar-refractivity contribution < 1.29 is 53.6 Å². The van der Waals surface area contributed by atoms with E-state index < -0.39 is 0 Å². The summed E-state index contributed by atoms with van der Waals surface area (Å²) >= 11 is 0. The molecule has 0 fully saturated rings. The Labute approximate surface area is 92.9 Å². The fourth-order valence-corrected chi connectivity index (χ4v) is 0. The predicted molar refractivity (Wildman–Crippen MR) is 18.9 cm³/mol. The minimum atomic E-state index is 0. The average Bonchev–Trinajstić information content (AvgIpc) is 0. The molecule has 0 saturated carbocycles. The van der Waals surface area contributed by atoms with Gasteiger partial charge in [0.15, 0.2) is 0 Å². The largest absolute Gasteiger partial charge is 0 e. The number of rotatable bonds is 0. The predicted octanol–water partition coefficient (Wildman–Crippen LogP) is -0.811. The average molecular weight is 428 g/mol. The summed E-state index contributed by atoms with van der Waals surface area (Å²) in [5.74, 6) is 0. The molecule has 0 saturated heterocycles. The maximum atomic E-state index is 0. The van der Waals surface area contributed by atoms with Crippen LogP contribution in [0.15, 0.2) is 0 Å². The summed E-state index contributed by atoms with van der Waals surface area (Å²) in [5, 5.41) is 0. The molecule has 0 aliphatic heterocycles. The van der Waals surface area contributed by atoms with Gasteiger partial charge in [-0.3, -0.25) is 0 Å². The Morgan fingerprint density at radius 3 is 1.00 bits per heavy atom. The molecule has 0 N–H and O–H groups in total. The van der Waals surface area contributed by atoms with Crippen LogP contribution in [0.2, 0.25) is 0 Å². The molecule has 0 nitrogen and oxygen atoms in total. The third-order valence-electron chi connectivity index (χ3n) is 0. The summed E-state index contributed by atoms with van der Waals surface area (Å²) in [4.78, 5) is 0. The van der Waals surface area contributed by atoms with Gasteiger partial charge >= 0.3 is 27.3 Å². The summed E-state index contributed by atoms with van der Waals surface area (Å²) < 4.78 is 0. The van der Waals surface area contributed by atoms with Gasteiger partial charge in [-0.2, -0.15) is 13.5 Å². The molecule has 5 heavy (non-hydrogen) atoms. The molecule has 0 aromatic rings. The van der Waals surface area contributed by atoms with Crippen molar-refractivity contribution >= 4 is 40.8 Å². The van der Waals surface area contributed by atoms with Gasteiger partial charge in [0.2, 0.25) is 0 Å². The van der Waals surface area contributed by atoms with E-state index >= 15 is 0 Å². The second-order valence-electron chi connectivity index (χ2n) is 0. The topological polar surface area (TPSA) is 0 Å². The molecule has 3 radical (unpaired) electrons. The van der Waals surface area contributed by atoms with Crippen LogP contribution in [-0.2, 0) is 53.6 Å². The molecule has 0 aliphatic carbocycles. The molecule has 0 unspecified atom stereocenters. The summed E-state index contributed by atoms with van der Waals surface area (Å²) in [6.07, 6.45) is 0. The van der Waals surface area contributed by atoms with E-state index in [0.717, 1.165) is 0 Å². The Morgan fingerprint density at radius 1 is 1.00 bits per heavy atom. The van der Waals surface area contributed by atoms with E-state index in [4.69, 9.17) is 0 Å². The third kappa shape index (κ3) is 19.6. The Bertz CT molecular complexity index is 11.6. The van der Waals surface area contributed by atoms with E-state index in [1.807, 2.05) is 0 Å². The van der Waals surface area contributed by atoms with E-state index in [2.05, 4.69) is 0 Å². The quantitative estimate of drug-likeness (QED) is 0.443. The van der Waals surface area contributed by atoms with Gasteiger partial charge in [0, 0.05) is 53.6 Å². The van der Waals surface area contributed by atoms with E-state index in [9.17, 15) is 0 Å². The molecule has 0 atom stereocenters. The molecule has 35 valence electrons. The molecule has 5 heteroatoms. The maximum absolute atomic E-state index is 0. The Hall–Kier alpha value is 2.93. The van der Waals surface area contributed by atoms with Crippen LogP contribution in [-0.4, -0.2) is 27.3 Å². The molecule has 0 spiro atoms. The fraction of sp³-hybridized carbons (Fsp3) is 0. The van der Waals surface area contributed by atoms with Crippen LogP contribution in [0.5, 0.6) is 0 Å². The van der Waals surface area contributed by atoms with Gasteiger partial charge in [-0.15, -0.1) is 0 Å². The van der Waals surface area contributed by atoms with Crippen LogP contribution >= 0.6 is 13.5 Å². The third-order valence-corrected chi connectivity index (χ3v) is 0. The van der Waals surface area contributed by atoms with Crippen molar-refractivity contribution in [1.82, 2.24) is 0 Å². The zero-order chi connectivity index (χ0) is 0. The fourth-order valence-electron chi connectivity index (χ4n) is 0. The van der Waals surface area contributed by atoms with Crippen LogP contribution in [0, 0.1) is 0 Å². The first kappa shape index (κ1) is 44.3. The molecule has 0 aromatic heterocycles. The SMILES string of the molecule is S.[Cu].[Fe].[PbH2].[Zn]. The van der Waals surface area contributed by atoms with E-state index in [0.29, 0.717) is 0 Å². The molecular formula is H4CuFePbSZn. The smallest absolute Gasteiger partial charge is 0 e. The van der Waals surface area contributed by atoms with Crippen molar-refractivity contribution in [1.29, 1.82) is 0 Å². The van der Waals surface area contributed by atoms with Crippen LogP contribution in [0.25, 0.3) is 0 Å². The standard InChI is InChI=1S/Cu.Fe.Pb.H2S.Zn.2H/h;;;1H2;;;. The van der Waals surface area contributed by atoms with Crippen molar-refractivity contribution in [3.05, 3.63) is 0 Å². The maximum Gasteiger partial charge on any atom is 0 e. The Kier molecular flexibility index (Phi) is 251. The molecule has 0 rings (SSSR count). The van der Waals surface area contributed by atoms with E-state index in [-0.39, 0.29) is 94.4 Å². The van der Waals surface area contributed by atoms with Crippen molar-refractivity contribution in [3.63, 3.8) is 0 Å². The van der Waals surface area contributed by atoms with Gasteiger partial charge in [0.05, 0.1) is 0 Å². The molecule has 0 amide bonds. The zero-order valence-electron chi connectivity index (χ0n) is 2.57. The monoisotopic (exact) mass is 427 g/mol. The molecule has 0 aliphatic rings. The van der Waals surface area contributed by atoms with Gasteiger partial charge in [-0.1, -0.05) is 0 Å². The molecule has 0 bridgehead atoms. The Balaban J connectivity index is 0. The van der Waals surface area contributed by atoms with Crippen LogP contribution in [0.1, 0.15) is 0 Å². The van der Waals surface area contributed by atoms with Gasteiger partial charge < -0.3 is 0 Å². The van der Waals surface area contributed by atoms with Gasteiger partial charge in [0.1, 0.15) is 0 Å². The first-order valence-corrected chi connectivity index (χ1v) is 0. The first-order valence-electron chi connectivity index (χ1n) is 0. The summed E-state index contributed by atoms with van der Waals surface area (Å²) in [7, 11) is 0. The van der Waals surface area contributed by atoms with Gasteiger partial charge in [-0.25, -0.2) is 0 Å². The molecular weight excluding hydrogens is 424 g/mol. The molecule has 0 aromatic carbocycles. The van der Waals surface area contributed by atoms with Crippen LogP contribution in [0.4, 0.5) is 0 Å². The van der Waals surface area contributed by atoms with Gasteiger partial charge in [0.25, 0.3) is 0 Å². The van der Waals surface area contributed by atoms with Crippen molar-refractivity contribution in [2.24, 2.45) is 0 Å². The summed E-state index contributed by atoms with van der Waals surface area (Å²) in [6.45, 7) is 0. The second kappa shape index (κ2) is 28.4. The zero-order valence-corrected chi connectivity index (χ0v) is 14.1. The first-order chi connectivity index (χ1) is 0. The summed E-state index contributed by atoms with van der Waals surface area (Å²) in [5.41, 5.74) is 0. The Morgan fingerprint density at radius 2 is 1.00 bits per heavy atom. The second-order valence-corrected chi connectivity index (χ2v) is 0.